The lowest BCUT2D eigenvalue weighted by atomic mass is 9.76. The molecule has 1 rings (SSSR count). The molecule has 1 saturated carbocycles. The second-order valence-corrected chi connectivity index (χ2v) is 5.62. The molecule has 0 aliphatic heterocycles. The molecule has 5 nitrogen and oxygen atoms in total. The zero-order valence-corrected chi connectivity index (χ0v) is 10.0. The molecular formula is C11H20N2O3. The Morgan fingerprint density at radius 2 is 1.88 bits per heavy atom. The van der Waals surface area contributed by atoms with E-state index in [1.165, 1.54) is 0 Å². The number of hydrogen-bond donors (Lipinski definition) is 3. The highest BCUT2D eigenvalue weighted by molar-refractivity contribution is 5.90. The summed E-state index contributed by atoms with van der Waals surface area (Å²) in [6, 6.07) is -0.902. The molecule has 0 aromatic carbocycles. The van der Waals surface area contributed by atoms with Crippen molar-refractivity contribution in [3.63, 3.8) is 0 Å². The molecule has 1 aliphatic rings. The molecule has 4 N–H and O–H groups in total. The van der Waals surface area contributed by atoms with Gasteiger partial charge in [0.2, 0.25) is 5.91 Å². The highest BCUT2D eigenvalue weighted by atomic mass is 16.4. The lowest BCUT2D eigenvalue weighted by molar-refractivity contribution is -0.146. The Labute approximate surface area is 95.4 Å². The number of carbonyl (C=O) groups is 2. The number of carboxylic acid groups (broad SMARTS) is 1. The van der Waals surface area contributed by atoms with Gasteiger partial charge in [0.05, 0.1) is 5.54 Å². The SMILES string of the molecule is CC(C)(C)[C@@H](NC(=O)C1(N)CCC1)C(=O)O. The summed E-state index contributed by atoms with van der Waals surface area (Å²) in [4.78, 5) is 22.9. The number of carboxylic acids is 1. The average molecular weight is 228 g/mol. The van der Waals surface area contributed by atoms with Crippen LogP contribution >= 0.6 is 0 Å². The van der Waals surface area contributed by atoms with Crippen molar-refractivity contribution in [2.75, 3.05) is 0 Å². The van der Waals surface area contributed by atoms with Gasteiger partial charge in [0.25, 0.3) is 0 Å². The molecule has 0 aromatic rings. The number of nitrogens with one attached hydrogen (secondary N) is 1. The van der Waals surface area contributed by atoms with E-state index in [0.717, 1.165) is 6.42 Å². The van der Waals surface area contributed by atoms with Crippen molar-refractivity contribution in [1.82, 2.24) is 5.32 Å². The monoisotopic (exact) mass is 228 g/mol. The van der Waals surface area contributed by atoms with Gasteiger partial charge in [-0.1, -0.05) is 20.8 Å². The van der Waals surface area contributed by atoms with Crippen LogP contribution in [0, 0.1) is 5.41 Å². The summed E-state index contributed by atoms with van der Waals surface area (Å²) in [6.07, 6.45) is 2.20. The first kappa shape index (κ1) is 13.0. The maximum absolute atomic E-state index is 11.8. The molecule has 1 amide bonds. The normalized spacial score (nSPS) is 20.8. The third-order valence-electron chi connectivity index (χ3n) is 3.09. The van der Waals surface area contributed by atoms with E-state index in [9.17, 15) is 9.59 Å². The van der Waals surface area contributed by atoms with Crippen molar-refractivity contribution in [2.24, 2.45) is 11.1 Å². The lowest BCUT2D eigenvalue weighted by Crippen LogP contribution is -2.62. The highest BCUT2D eigenvalue weighted by Gasteiger charge is 2.43. The van der Waals surface area contributed by atoms with Gasteiger partial charge in [-0.3, -0.25) is 4.79 Å². The second-order valence-electron chi connectivity index (χ2n) is 5.62. The minimum Gasteiger partial charge on any atom is -0.480 e. The number of aliphatic carboxylic acids is 1. The van der Waals surface area contributed by atoms with Crippen LogP contribution in [0.25, 0.3) is 0 Å². The van der Waals surface area contributed by atoms with Crippen molar-refractivity contribution in [2.45, 2.75) is 51.6 Å². The third-order valence-corrected chi connectivity index (χ3v) is 3.09. The molecule has 1 fully saturated rings. The van der Waals surface area contributed by atoms with Crippen LogP contribution in [0.4, 0.5) is 0 Å². The zero-order chi connectivity index (χ0) is 12.6. The number of hydrogen-bond acceptors (Lipinski definition) is 3. The van der Waals surface area contributed by atoms with Crippen LogP contribution in [0.1, 0.15) is 40.0 Å². The molecule has 0 bridgehead atoms. The van der Waals surface area contributed by atoms with E-state index in [4.69, 9.17) is 10.8 Å². The minimum absolute atomic E-state index is 0.346. The van der Waals surface area contributed by atoms with E-state index in [1.54, 1.807) is 20.8 Å². The van der Waals surface area contributed by atoms with Crippen LogP contribution in [0.3, 0.4) is 0 Å². The molecule has 92 valence electrons. The first-order valence-corrected chi connectivity index (χ1v) is 5.49. The molecular weight excluding hydrogens is 208 g/mol. The minimum atomic E-state index is -1.02. The first-order chi connectivity index (χ1) is 7.17. The maximum Gasteiger partial charge on any atom is 0.326 e. The second kappa shape index (κ2) is 4.05. The topological polar surface area (TPSA) is 92.4 Å². The predicted octanol–water partition coefficient (Wildman–Crippen LogP) is 0.483. The summed E-state index contributed by atoms with van der Waals surface area (Å²) in [6.45, 7) is 5.32. The third kappa shape index (κ3) is 2.52. The Morgan fingerprint density at radius 3 is 2.12 bits per heavy atom. The molecule has 0 heterocycles. The summed E-state index contributed by atoms with van der Waals surface area (Å²) in [5, 5.41) is 11.6. The van der Waals surface area contributed by atoms with Gasteiger partial charge in [-0.05, 0) is 24.7 Å². The fourth-order valence-electron chi connectivity index (χ4n) is 1.71. The quantitative estimate of drug-likeness (QED) is 0.655. The van der Waals surface area contributed by atoms with Gasteiger partial charge in [0.15, 0.2) is 0 Å². The van der Waals surface area contributed by atoms with E-state index in [0.29, 0.717) is 12.8 Å². The van der Waals surface area contributed by atoms with E-state index in [2.05, 4.69) is 5.32 Å². The lowest BCUT2D eigenvalue weighted by Gasteiger charge is -2.38. The van der Waals surface area contributed by atoms with E-state index >= 15 is 0 Å². The number of amides is 1. The Kier molecular flexibility index (Phi) is 3.28. The maximum atomic E-state index is 11.8. The van der Waals surface area contributed by atoms with Crippen LogP contribution < -0.4 is 11.1 Å². The number of nitrogens with two attached hydrogens (primary N) is 1. The summed E-state index contributed by atoms with van der Waals surface area (Å²) >= 11 is 0. The van der Waals surface area contributed by atoms with Crippen molar-refractivity contribution in [3.05, 3.63) is 0 Å². The fourth-order valence-corrected chi connectivity index (χ4v) is 1.71. The van der Waals surface area contributed by atoms with Crippen molar-refractivity contribution >= 4 is 11.9 Å². The molecule has 5 heteroatoms. The standard InChI is InChI=1S/C11H20N2O3/c1-10(2,3)7(8(14)15)13-9(16)11(12)5-4-6-11/h7H,4-6,12H2,1-3H3,(H,13,16)(H,14,15)/t7-/m0/s1. The molecule has 0 aromatic heterocycles. The van der Waals surface area contributed by atoms with Gasteiger partial charge in [0.1, 0.15) is 6.04 Å². The Balaban J connectivity index is 2.69. The van der Waals surface area contributed by atoms with Crippen LogP contribution in [0.15, 0.2) is 0 Å². The van der Waals surface area contributed by atoms with Crippen LogP contribution in [-0.4, -0.2) is 28.6 Å². The largest absolute Gasteiger partial charge is 0.480 e. The van der Waals surface area contributed by atoms with Gasteiger partial charge in [0, 0.05) is 0 Å². The molecule has 0 unspecified atom stereocenters. The smallest absolute Gasteiger partial charge is 0.326 e. The molecule has 16 heavy (non-hydrogen) atoms. The van der Waals surface area contributed by atoms with E-state index in [1.807, 2.05) is 0 Å². The van der Waals surface area contributed by atoms with Gasteiger partial charge < -0.3 is 16.2 Å². The molecule has 1 aliphatic carbocycles. The van der Waals surface area contributed by atoms with Crippen molar-refractivity contribution in [1.29, 1.82) is 0 Å². The summed E-state index contributed by atoms with van der Waals surface area (Å²) in [5.41, 5.74) is 4.46. The summed E-state index contributed by atoms with van der Waals surface area (Å²) in [7, 11) is 0. The number of rotatable bonds is 3. The first-order valence-electron chi connectivity index (χ1n) is 5.49. The summed E-state index contributed by atoms with van der Waals surface area (Å²) < 4.78 is 0. The van der Waals surface area contributed by atoms with Crippen molar-refractivity contribution < 1.29 is 14.7 Å². The Bertz CT molecular complexity index is 303. The van der Waals surface area contributed by atoms with Gasteiger partial charge >= 0.3 is 5.97 Å². The van der Waals surface area contributed by atoms with Crippen LogP contribution in [0.2, 0.25) is 0 Å². The molecule has 0 spiro atoms. The van der Waals surface area contributed by atoms with Crippen LogP contribution in [0.5, 0.6) is 0 Å². The fraction of sp³-hybridized carbons (Fsp3) is 0.818. The van der Waals surface area contributed by atoms with Crippen LogP contribution in [-0.2, 0) is 9.59 Å². The average Bonchev–Trinajstić information content (AvgIpc) is 2.07. The van der Waals surface area contributed by atoms with Crippen molar-refractivity contribution in [3.8, 4) is 0 Å². The summed E-state index contributed by atoms with van der Waals surface area (Å²) in [5.74, 6) is -1.37. The molecule has 0 radical (unpaired) electrons. The van der Waals surface area contributed by atoms with Gasteiger partial charge in [-0.2, -0.15) is 0 Å². The van der Waals surface area contributed by atoms with E-state index in [-0.39, 0.29) is 5.91 Å². The Hall–Kier alpha value is -1.10. The van der Waals surface area contributed by atoms with Gasteiger partial charge in [-0.25, -0.2) is 4.79 Å². The molecule has 0 saturated heterocycles. The zero-order valence-electron chi connectivity index (χ0n) is 10.0. The highest BCUT2D eigenvalue weighted by Crippen LogP contribution is 2.30. The molecule has 1 atom stereocenters. The van der Waals surface area contributed by atoms with E-state index < -0.39 is 23.0 Å². The number of carbonyl (C=O) groups excluding carboxylic acids is 1. The van der Waals surface area contributed by atoms with Gasteiger partial charge in [-0.15, -0.1) is 0 Å². The predicted molar refractivity (Wildman–Crippen MR) is 59.8 cm³/mol. The Morgan fingerprint density at radius 1 is 1.38 bits per heavy atom.